The van der Waals surface area contributed by atoms with Gasteiger partial charge in [0.05, 0.1) is 5.56 Å². The molecule has 0 aromatic heterocycles. The third-order valence-electron chi connectivity index (χ3n) is 2.84. The molecule has 0 radical (unpaired) electrons. The van der Waals surface area contributed by atoms with Crippen LogP contribution in [-0.4, -0.2) is 18.5 Å². The predicted molar refractivity (Wildman–Crippen MR) is 72.2 cm³/mol. The van der Waals surface area contributed by atoms with Crippen LogP contribution in [-0.2, 0) is 0 Å². The van der Waals surface area contributed by atoms with Crippen LogP contribution in [0.5, 0.6) is 0 Å². The van der Waals surface area contributed by atoms with Crippen LogP contribution in [0.2, 0.25) is 0 Å². The quantitative estimate of drug-likeness (QED) is 0.827. The first-order valence-electron chi connectivity index (χ1n) is 5.47. The highest BCUT2D eigenvalue weighted by Gasteiger charge is 2.28. The molecule has 1 aromatic rings. The van der Waals surface area contributed by atoms with Crippen molar-refractivity contribution in [3.63, 3.8) is 0 Å². The van der Waals surface area contributed by atoms with E-state index in [1.165, 1.54) is 12.8 Å². The molecule has 1 aliphatic rings. The van der Waals surface area contributed by atoms with E-state index >= 15 is 0 Å². The Morgan fingerprint density at radius 1 is 1.50 bits per heavy atom. The summed E-state index contributed by atoms with van der Waals surface area (Å²) in [6, 6.07) is 7.67. The first kappa shape index (κ1) is 11.9. The summed E-state index contributed by atoms with van der Waals surface area (Å²) in [6.07, 6.45) is 2.42. The molecular weight excluding hydrogens is 315 g/mol. The number of amides is 1. The van der Waals surface area contributed by atoms with Gasteiger partial charge in [-0.1, -0.05) is 12.1 Å². The zero-order valence-electron chi connectivity index (χ0n) is 8.95. The van der Waals surface area contributed by atoms with E-state index in [1.54, 1.807) is 0 Å². The van der Waals surface area contributed by atoms with Gasteiger partial charge < -0.3 is 11.1 Å². The second-order valence-corrected chi connectivity index (χ2v) is 5.35. The molecule has 86 valence electrons. The number of benzene rings is 1. The van der Waals surface area contributed by atoms with Crippen molar-refractivity contribution < 1.29 is 4.79 Å². The van der Waals surface area contributed by atoms with Gasteiger partial charge in [-0.05, 0) is 53.5 Å². The minimum absolute atomic E-state index is 0.0268. The molecule has 0 saturated heterocycles. The van der Waals surface area contributed by atoms with Crippen LogP contribution in [0.4, 0.5) is 0 Å². The van der Waals surface area contributed by atoms with Gasteiger partial charge >= 0.3 is 0 Å². The molecule has 1 saturated carbocycles. The molecule has 0 bridgehead atoms. The summed E-state index contributed by atoms with van der Waals surface area (Å²) in [7, 11) is 0. The monoisotopic (exact) mass is 330 g/mol. The average Bonchev–Trinajstić information content (AvgIpc) is 3.10. The van der Waals surface area contributed by atoms with Gasteiger partial charge in [0.25, 0.3) is 5.91 Å². The fourth-order valence-corrected chi connectivity index (χ4v) is 2.27. The second kappa shape index (κ2) is 5.14. The molecule has 0 spiro atoms. The lowest BCUT2D eigenvalue weighted by molar-refractivity contribution is 0.0949. The Labute approximate surface area is 109 Å². The molecular formula is C12H15IN2O. The van der Waals surface area contributed by atoms with Gasteiger partial charge in [-0.25, -0.2) is 0 Å². The van der Waals surface area contributed by atoms with E-state index in [9.17, 15) is 4.79 Å². The maximum absolute atomic E-state index is 11.8. The van der Waals surface area contributed by atoms with E-state index in [4.69, 9.17) is 5.73 Å². The van der Waals surface area contributed by atoms with Gasteiger partial charge in [0.2, 0.25) is 0 Å². The molecule has 1 amide bonds. The number of rotatable bonds is 4. The summed E-state index contributed by atoms with van der Waals surface area (Å²) in [4.78, 5) is 11.8. The molecule has 1 aliphatic carbocycles. The maximum atomic E-state index is 11.8. The summed E-state index contributed by atoms with van der Waals surface area (Å²) in [6.45, 7) is 0.578. The van der Waals surface area contributed by atoms with Gasteiger partial charge in [-0.15, -0.1) is 0 Å². The fourth-order valence-electron chi connectivity index (χ4n) is 1.64. The van der Waals surface area contributed by atoms with E-state index in [0.29, 0.717) is 12.5 Å². The van der Waals surface area contributed by atoms with Crippen molar-refractivity contribution in [1.29, 1.82) is 0 Å². The Bertz CT molecular complexity index is 390. The van der Waals surface area contributed by atoms with Crippen molar-refractivity contribution in [3.05, 3.63) is 33.4 Å². The zero-order chi connectivity index (χ0) is 11.5. The first-order valence-corrected chi connectivity index (χ1v) is 6.54. The Morgan fingerprint density at radius 3 is 2.81 bits per heavy atom. The normalized spacial score (nSPS) is 16.9. The molecule has 3 nitrogen and oxygen atoms in total. The number of carbonyl (C=O) groups is 1. The lowest BCUT2D eigenvalue weighted by Gasteiger charge is -2.12. The molecule has 1 atom stereocenters. The molecule has 4 heteroatoms. The van der Waals surface area contributed by atoms with E-state index in [2.05, 4.69) is 27.9 Å². The standard InChI is InChI=1S/C12H15IN2O/c13-10-4-2-1-3-9(10)12(16)15-7-11(14)8-5-6-8/h1-4,8,11H,5-7,14H2,(H,15,16). The summed E-state index contributed by atoms with van der Waals surface area (Å²) in [5.74, 6) is 0.594. The lowest BCUT2D eigenvalue weighted by atomic mass is 10.2. The summed E-state index contributed by atoms with van der Waals surface area (Å²) in [5, 5.41) is 2.89. The van der Waals surface area contributed by atoms with E-state index in [0.717, 1.165) is 9.13 Å². The third-order valence-corrected chi connectivity index (χ3v) is 3.78. The molecule has 3 N–H and O–H groups in total. The molecule has 1 unspecified atom stereocenters. The van der Waals surface area contributed by atoms with Crippen molar-refractivity contribution >= 4 is 28.5 Å². The number of nitrogens with one attached hydrogen (secondary N) is 1. The third kappa shape index (κ3) is 2.95. The van der Waals surface area contributed by atoms with Gasteiger partial charge in [0.15, 0.2) is 0 Å². The van der Waals surface area contributed by atoms with E-state index in [-0.39, 0.29) is 11.9 Å². The number of nitrogens with two attached hydrogens (primary N) is 1. The largest absolute Gasteiger partial charge is 0.350 e. The SMILES string of the molecule is NC(CNC(=O)c1ccccc1I)C1CC1. The number of hydrogen-bond donors (Lipinski definition) is 2. The molecule has 1 aromatic carbocycles. The van der Waals surface area contributed by atoms with Crippen LogP contribution < -0.4 is 11.1 Å². The zero-order valence-corrected chi connectivity index (χ0v) is 11.1. The first-order chi connectivity index (χ1) is 7.68. The Morgan fingerprint density at radius 2 is 2.19 bits per heavy atom. The highest BCUT2D eigenvalue weighted by atomic mass is 127. The Hall–Kier alpha value is -0.620. The van der Waals surface area contributed by atoms with Crippen LogP contribution in [0.3, 0.4) is 0 Å². The molecule has 2 rings (SSSR count). The average molecular weight is 330 g/mol. The summed E-state index contributed by atoms with van der Waals surface area (Å²) in [5.41, 5.74) is 6.65. The molecule has 0 aliphatic heterocycles. The van der Waals surface area contributed by atoms with E-state index in [1.807, 2.05) is 24.3 Å². The highest BCUT2D eigenvalue weighted by molar-refractivity contribution is 14.1. The molecule has 1 fully saturated rings. The van der Waals surface area contributed by atoms with Crippen LogP contribution in [0, 0.1) is 9.49 Å². The lowest BCUT2D eigenvalue weighted by Crippen LogP contribution is -2.38. The topological polar surface area (TPSA) is 55.1 Å². The fraction of sp³-hybridized carbons (Fsp3) is 0.417. The minimum atomic E-state index is -0.0268. The van der Waals surface area contributed by atoms with Gasteiger partial charge in [-0.3, -0.25) is 4.79 Å². The maximum Gasteiger partial charge on any atom is 0.252 e. The smallest absolute Gasteiger partial charge is 0.252 e. The highest BCUT2D eigenvalue weighted by Crippen LogP contribution is 2.31. The van der Waals surface area contributed by atoms with Crippen LogP contribution in [0.25, 0.3) is 0 Å². The Kier molecular flexibility index (Phi) is 3.81. The number of hydrogen-bond acceptors (Lipinski definition) is 2. The predicted octanol–water partition coefficient (Wildman–Crippen LogP) is 1.76. The second-order valence-electron chi connectivity index (χ2n) is 4.19. The van der Waals surface area contributed by atoms with Crippen molar-refractivity contribution in [2.45, 2.75) is 18.9 Å². The van der Waals surface area contributed by atoms with Crippen LogP contribution in [0.15, 0.2) is 24.3 Å². The van der Waals surface area contributed by atoms with Crippen molar-refractivity contribution in [2.75, 3.05) is 6.54 Å². The van der Waals surface area contributed by atoms with Crippen molar-refractivity contribution in [1.82, 2.24) is 5.32 Å². The molecule has 0 heterocycles. The minimum Gasteiger partial charge on any atom is -0.350 e. The summed E-state index contributed by atoms with van der Waals surface area (Å²) < 4.78 is 0.970. The van der Waals surface area contributed by atoms with Gasteiger partial charge in [-0.2, -0.15) is 0 Å². The number of carbonyl (C=O) groups excluding carboxylic acids is 1. The number of halogens is 1. The molecule has 16 heavy (non-hydrogen) atoms. The van der Waals surface area contributed by atoms with Crippen LogP contribution >= 0.6 is 22.6 Å². The van der Waals surface area contributed by atoms with Gasteiger partial charge in [0.1, 0.15) is 0 Å². The van der Waals surface area contributed by atoms with E-state index < -0.39 is 0 Å². The van der Waals surface area contributed by atoms with Gasteiger partial charge in [0, 0.05) is 16.2 Å². The van der Waals surface area contributed by atoms with Crippen molar-refractivity contribution in [3.8, 4) is 0 Å². The van der Waals surface area contributed by atoms with Crippen molar-refractivity contribution in [2.24, 2.45) is 11.7 Å². The summed E-state index contributed by atoms with van der Waals surface area (Å²) >= 11 is 2.17. The Balaban J connectivity index is 1.90. The van der Waals surface area contributed by atoms with Crippen LogP contribution in [0.1, 0.15) is 23.2 Å².